The summed E-state index contributed by atoms with van der Waals surface area (Å²) in [5.41, 5.74) is 1.91. The van der Waals surface area contributed by atoms with Gasteiger partial charge in [0.05, 0.1) is 17.4 Å². The minimum absolute atomic E-state index is 0.0989. The van der Waals surface area contributed by atoms with E-state index in [4.69, 9.17) is 0 Å². The molecule has 2 aliphatic rings. The number of benzene rings is 1. The fourth-order valence-electron chi connectivity index (χ4n) is 4.20. The number of amides is 1. The van der Waals surface area contributed by atoms with Crippen molar-refractivity contribution in [1.82, 2.24) is 15.2 Å². The standard InChI is InChI=1S/C23H27F3N4O/c1-29(2)21(17-7-5-16(6-8-17)15-3-4-15)22(31)28-19-9-10-30(14-19)20-11-18(12-27-13-20)23(24,25)26/h5-8,11-13,15,19,21H,3-4,9-10,14H2,1-2H3,(H,28,31)/t19-,21+/m1/s1. The van der Waals surface area contributed by atoms with E-state index in [1.54, 1.807) is 0 Å². The number of anilines is 1. The van der Waals surface area contributed by atoms with Crippen molar-refractivity contribution in [3.05, 3.63) is 59.4 Å². The highest BCUT2D eigenvalue weighted by Gasteiger charge is 2.33. The van der Waals surface area contributed by atoms with Gasteiger partial charge in [-0.1, -0.05) is 24.3 Å². The molecule has 1 aromatic carbocycles. The molecule has 1 aromatic heterocycles. The van der Waals surface area contributed by atoms with Crippen molar-refractivity contribution < 1.29 is 18.0 Å². The van der Waals surface area contributed by atoms with Gasteiger partial charge in [-0.05, 0) is 56.5 Å². The Morgan fingerprint density at radius 1 is 1.16 bits per heavy atom. The van der Waals surface area contributed by atoms with Crippen LogP contribution in [0.1, 0.15) is 47.9 Å². The van der Waals surface area contributed by atoms with E-state index >= 15 is 0 Å². The highest BCUT2D eigenvalue weighted by Crippen LogP contribution is 2.40. The molecule has 8 heteroatoms. The molecule has 1 saturated carbocycles. The molecule has 0 spiro atoms. The second kappa shape index (κ2) is 8.49. The van der Waals surface area contributed by atoms with E-state index in [1.807, 2.05) is 36.0 Å². The summed E-state index contributed by atoms with van der Waals surface area (Å²) in [6, 6.07) is 8.82. The summed E-state index contributed by atoms with van der Waals surface area (Å²) in [6.07, 6.45) is 0.971. The Labute approximate surface area is 180 Å². The van der Waals surface area contributed by atoms with Crippen molar-refractivity contribution in [3.8, 4) is 0 Å². The van der Waals surface area contributed by atoms with Gasteiger partial charge in [0.1, 0.15) is 6.04 Å². The van der Waals surface area contributed by atoms with Crippen LogP contribution in [0, 0.1) is 0 Å². The highest BCUT2D eigenvalue weighted by molar-refractivity contribution is 5.83. The van der Waals surface area contributed by atoms with Gasteiger partial charge >= 0.3 is 6.18 Å². The second-order valence-corrected chi connectivity index (χ2v) is 8.68. The second-order valence-electron chi connectivity index (χ2n) is 8.68. The zero-order valence-electron chi connectivity index (χ0n) is 17.7. The zero-order valence-corrected chi connectivity index (χ0v) is 17.7. The monoisotopic (exact) mass is 432 g/mol. The van der Waals surface area contributed by atoms with Crippen molar-refractivity contribution in [3.63, 3.8) is 0 Å². The van der Waals surface area contributed by atoms with E-state index in [1.165, 1.54) is 24.6 Å². The Morgan fingerprint density at radius 2 is 1.87 bits per heavy atom. The number of nitrogens with zero attached hydrogens (tertiary/aromatic N) is 3. The molecular formula is C23H27F3N4O. The van der Waals surface area contributed by atoms with E-state index < -0.39 is 17.8 Å². The number of pyridine rings is 1. The smallest absolute Gasteiger partial charge is 0.368 e. The third-order valence-corrected chi connectivity index (χ3v) is 6.02. The maximum atomic E-state index is 13.1. The van der Waals surface area contributed by atoms with Crippen molar-refractivity contribution in [2.75, 3.05) is 32.1 Å². The van der Waals surface area contributed by atoms with Gasteiger partial charge in [0.2, 0.25) is 5.91 Å². The number of hydrogen-bond donors (Lipinski definition) is 1. The van der Waals surface area contributed by atoms with Gasteiger partial charge in [0.25, 0.3) is 0 Å². The van der Waals surface area contributed by atoms with Crippen LogP contribution in [0.25, 0.3) is 0 Å². The van der Waals surface area contributed by atoms with Gasteiger partial charge in [-0.25, -0.2) is 0 Å². The molecule has 0 radical (unpaired) electrons. The molecule has 5 nitrogen and oxygen atoms in total. The van der Waals surface area contributed by atoms with Gasteiger partial charge in [0, 0.05) is 25.3 Å². The number of rotatable bonds is 6. The first-order valence-corrected chi connectivity index (χ1v) is 10.6. The lowest BCUT2D eigenvalue weighted by Crippen LogP contribution is -2.43. The maximum absolute atomic E-state index is 13.1. The number of halogens is 3. The number of carbonyl (C=O) groups excluding carboxylic acids is 1. The average Bonchev–Trinajstić information content (AvgIpc) is 3.47. The van der Waals surface area contributed by atoms with Crippen molar-refractivity contribution in [1.29, 1.82) is 0 Å². The van der Waals surface area contributed by atoms with Gasteiger partial charge in [-0.2, -0.15) is 13.2 Å². The number of hydrogen-bond acceptors (Lipinski definition) is 4. The topological polar surface area (TPSA) is 48.5 Å². The predicted molar refractivity (Wildman–Crippen MR) is 113 cm³/mol. The summed E-state index contributed by atoms with van der Waals surface area (Å²) in [5.74, 6) is 0.564. The molecule has 0 bridgehead atoms. The molecule has 4 rings (SSSR count). The van der Waals surface area contributed by atoms with Crippen LogP contribution in [-0.2, 0) is 11.0 Å². The van der Waals surface area contributed by atoms with Crippen LogP contribution in [0.2, 0.25) is 0 Å². The minimum atomic E-state index is -4.43. The Kier molecular flexibility index (Phi) is 5.92. The number of carbonyl (C=O) groups is 1. The van der Waals surface area contributed by atoms with Gasteiger partial charge in [-0.3, -0.25) is 14.7 Å². The van der Waals surface area contributed by atoms with Gasteiger partial charge in [0.15, 0.2) is 0 Å². The molecule has 1 aliphatic carbocycles. The van der Waals surface area contributed by atoms with Crippen molar-refractivity contribution in [2.45, 2.75) is 43.4 Å². The molecule has 1 amide bonds. The van der Waals surface area contributed by atoms with E-state index in [-0.39, 0.29) is 11.9 Å². The molecule has 2 fully saturated rings. The SMILES string of the molecule is CN(C)[C@H](C(=O)N[C@@H]1CCN(c2cncc(C(F)(F)F)c2)C1)c1ccc(C2CC2)cc1. The van der Waals surface area contributed by atoms with E-state index in [0.29, 0.717) is 31.1 Å². The fraction of sp³-hybridized carbons (Fsp3) is 0.478. The summed E-state index contributed by atoms with van der Waals surface area (Å²) < 4.78 is 38.9. The Bertz CT molecular complexity index is 925. The maximum Gasteiger partial charge on any atom is 0.417 e. The average molecular weight is 432 g/mol. The first-order chi connectivity index (χ1) is 14.7. The quantitative estimate of drug-likeness (QED) is 0.750. The Balaban J connectivity index is 1.41. The van der Waals surface area contributed by atoms with Gasteiger partial charge in [-0.15, -0.1) is 0 Å². The number of likely N-dealkylation sites (N-methyl/N-ethyl adjacent to an activating group) is 1. The molecule has 166 valence electrons. The summed E-state index contributed by atoms with van der Waals surface area (Å²) in [4.78, 5) is 20.5. The number of alkyl halides is 3. The lowest BCUT2D eigenvalue weighted by atomic mass is 10.0. The summed E-state index contributed by atoms with van der Waals surface area (Å²) in [5, 5.41) is 3.09. The molecule has 0 unspecified atom stereocenters. The molecule has 1 saturated heterocycles. The minimum Gasteiger partial charge on any atom is -0.368 e. The van der Waals surface area contributed by atoms with Crippen LogP contribution in [-0.4, -0.2) is 49.0 Å². The fourth-order valence-corrected chi connectivity index (χ4v) is 4.20. The predicted octanol–water partition coefficient (Wildman–Crippen LogP) is 3.98. The van der Waals surface area contributed by atoms with E-state index in [2.05, 4.69) is 22.4 Å². The lowest BCUT2D eigenvalue weighted by molar-refractivity contribution is -0.137. The molecular weight excluding hydrogens is 405 g/mol. The summed E-state index contributed by atoms with van der Waals surface area (Å²) in [6.45, 7) is 1.02. The van der Waals surface area contributed by atoms with E-state index in [9.17, 15) is 18.0 Å². The van der Waals surface area contributed by atoms with Crippen LogP contribution in [0.3, 0.4) is 0 Å². The van der Waals surface area contributed by atoms with Crippen LogP contribution in [0.15, 0.2) is 42.7 Å². The van der Waals surface area contributed by atoms with Crippen LogP contribution < -0.4 is 10.2 Å². The van der Waals surface area contributed by atoms with Crippen LogP contribution >= 0.6 is 0 Å². The van der Waals surface area contributed by atoms with Crippen molar-refractivity contribution in [2.24, 2.45) is 0 Å². The van der Waals surface area contributed by atoms with E-state index in [0.717, 1.165) is 17.8 Å². The number of nitrogens with one attached hydrogen (secondary N) is 1. The number of aromatic nitrogens is 1. The molecule has 1 N–H and O–H groups in total. The summed E-state index contributed by atoms with van der Waals surface area (Å²) in [7, 11) is 3.74. The lowest BCUT2D eigenvalue weighted by Gasteiger charge is -2.26. The Hall–Kier alpha value is -2.61. The highest BCUT2D eigenvalue weighted by atomic mass is 19.4. The third kappa shape index (κ3) is 5.01. The molecule has 1 aliphatic heterocycles. The largest absolute Gasteiger partial charge is 0.417 e. The van der Waals surface area contributed by atoms with Crippen molar-refractivity contribution >= 4 is 11.6 Å². The molecule has 2 aromatic rings. The normalized spacial score (nSPS) is 20.2. The van der Waals surface area contributed by atoms with Gasteiger partial charge < -0.3 is 10.2 Å². The zero-order chi connectivity index (χ0) is 22.2. The van der Waals surface area contributed by atoms with Crippen LogP contribution in [0.4, 0.5) is 18.9 Å². The third-order valence-electron chi connectivity index (χ3n) is 6.02. The first-order valence-electron chi connectivity index (χ1n) is 10.6. The first kappa shape index (κ1) is 21.6. The molecule has 31 heavy (non-hydrogen) atoms. The summed E-state index contributed by atoms with van der Waals surface area (Å²) >= 11 is 0. The van der Waals surface area contributed by atoms with Crippen LogP contribution in [0.5, 0.6) is 0 Å². The Morgan fingerprint density at radius 3 is 2.48 bits per heavy atom. The molecule has 2 heterocycles. The molecule has 2 atom stereocenters.